The Morgan fingerprint density at radius 3 is 2.56 bits per heavy atom. The Kier molecular flexibility index (Phi) is 5.07. The molecule has 1 fully saturated rings. The second-order valence-electron chi connectivity index (χ2n) is 5.88. The lowest BCUT2D eigenvalue weighted by Gasteiger charge is -2.30. The zero-order valence-corrected chi connectivity index (χ0v) is 15.2. The van der Waals surface area contributed by atoms with Gasteiger partial charge in [0.1, 0.15) is 10.7 Å². The molecule has 8 nitrogen and oxygen atoms in total. The van der Waals surface area contributed by atoms with Gasteiger partial charge in [0.2, 0.25) is 15.9 Å². The molecule has 0 aromatic carbocycles. The first-order chi connectivity index (χ1) is 11.9. The number of aryl methyl sites for hydroxylation is 1. The van der Waals surface area contributed by atoms with E-state index in [2.05, 4.69) is 15.4 Å². The summed E-state index contributed by atoms with van der Waals surface area (Å²) in [5.41, 5.74) is 0. The van der Waals surface area contributed by atoms with Gasteiger partial charge in [-0.1, -0.05) is 11.6 Å². The smallest absolute Gasteiger partial charge is 0.246 e. The van der Waals surface area contributed by atoms with Crippen LogP contribution < -0.4 is 5.32 Å². The van der Waals surface area contributed by atoms with E-state index in [4.69, 9.17) is 11.6 Å². The SMILES string of the molecule is Cn1cc(S(=O)(=O)N2CCC(C(=O)Nc3ccc(Cl)cn3)CC2)cn1. The second kappa shape index (κ2) is 7.11. The molecular formula is C15H18ClN5O3S. The van der Waals surface area contributed by atoms with Crippen molar-refractivity contribution in [2.45, 2.75) is 17.7 Å². The highest BCUT2D eigenvalue weighted by Gasteiger charge is 2.32. The molecule has 0 atom stereocenters. The number of piperidine rings is 1. The van der Waals surface area contributed by atoms with Crippen molar-refractivity contribution < 1.29 is 13.2 Å². The summed E-state index contributed by atoms with van der Waals surface area (Å²) in [5.74, 6) is 0.0193. The first kappa shape index (κ1) is 17.8. The second-order valence-corrected chi connectivity index (χ2v) is 8.25. The highest BCUT2D eigenvalue weighted by molar-refractivity contribution is 7.89. The van der Waals surface area contributed by atoms with Crippen LogP contribution in [0.15, 0.2) is 35.6 Å². The Labute approximate surface area is 150 Å². The summed E-state index contributed by atoms with van der Waals surface area (Å²) in [6.45, 7) is 0.590. The van der Waals surface area contributed by atoms with Crippen LogP contribution >= 0.6 is 11.6 Å². The van der Waals surface area contributed by atoms with Crippen molar-refractivity contribution in [2.75, 3.05) is 18.4 Å². The fraction of sp³-hybridized carbons (Fsp3) is 0.400. The lowest BCUT2D eigenvalue weighted by Crippen LogP contribution is -2.41. The summed E-state index contributed by atoms with van der Waals surface area (Å²) in [6.07, 6.45) is 5.18. The van der Waals surface area contributed by atoms with Gasteiger partial charge in [-0.2, -0.15) is 9.40 Å². The van der Waals surface area contributed by atoms with Crippen LogP contribution in [-0.4, -0.2) is 46.5 Å². The number of amides is 1. The number of aromatic nitrogens is 3. The quantitative estimate of drug-likeness (QED) is 0.863. The molecule has 0 aliphatic carbocycles. The molecule has 0 spiro atoms. The van der Waals surface area contributed by atoms with Gasteiger partial charge in [0.15, 0.2) is 0 Å². The van der Waals surface area contributed by atoms with E-state index < -0.39 is 10.0 Å². The molecule has 2 aromatic heterocycles. The van der Waals surface area contributed by atoms with Crippen molar-refractivity contribution in [2.24, 2.45) is 13.0 Å². The number of hydrogen-bond donors (Lipinski definition) is 1. The molecule has 10 heteroatoms. The minimum Gasteiger partial charge on any atom is -0.310 e. The fourth-order valence-electron chi connectivity index (χ4n) is 2.72. The minimum absolute atomic E-state index is 0.159. The number of anilines is 1. The van der Waals surface area contributed by atoms with Gasteiger partial charge in [0, 0.05) is 38.4 Å². The van der Waals surface area contributed by atoms with Gasteiger partial charge in [0.05, 0.1) is 11.2 Å². The molecule has 0 saturated carbocycles. The average molecular weight is 384 g/mol. The number of rotatable bonds is 4. The van der Waals surface area contributed by atoms with Crippen molar-refractivity contribution in [1.29, 1.82) is 0 Å². The zero-order valence-electron chi connectivity index (χ0n) is 13.6. The molecule has 1 aliphatic rings. The Morgan fingerprint density at radius 2 is 2.00 bits per heavy atom. The molecule has 3 rings (SSSR count). The van der Waals surface area contributed by atoms with Crippen LogP contribution in [0.25, 0.3) is 0 Å². The van der Waals surface area contributed by atoms with Crippen LogP contribution in [0.2, 0.25) is 5.02 Å². The molecule has 1 N–H and O–H groups in total. The Bertz CT molecular complexity index is 858. The maximum atomic E-state index is 12.5. The molecule has 0 unspecified atom stereocenters. The van der Waals surface area contributed by atoms with E-state index in [-0.39, 0.29) is 16.7 Å². The summed E-state index contributed by atoms with van der Waals surface area (Å²) in [5, 5.41) is 7.13. The third-order valence-electron chi connectivity index (χ3n) is 4.12. The lowest BCUT2D eigenvalue weighted by atomic mass is 9.97. The fourth-order valence-corrected chi connectivity index (χ4v) is 4.29. The van der Waals surface area contributed by atoms with Crippen molar-refractivity contribution in [1.82, 2.24) is 19.1 Å². The highest BCUT2D eigenvalue weighted by Crippen LogP contribution is 2.24. The van der Waals surface area contributed by atoms with E-state index in [1.807, 2.05) is 0 Å². The normalized spacial score (nSPS) is 16.7. The molecule has 1 saturated heterocycles. The molecule has 0 radical (unpaired) electrons. The minimum atomic E-state index is -3.56. The van der Waals surface area contributed by atoms with E-state index in [1.165, 1.54) is 27.6 Å². The van der Waals surface area contributed by atoms with E-state index in [0.29, 0.717) is 36.8 Å². The third-order valence-corrected chi connectivity index (χ3v) is 6.20. The van der Waals surface area contributed by atoms with E-state index in [1.54, 1.807) is 19.2 Å². The predicted octanol–water partition coefficient (Wildman–Crippen LogP) is 1.51. The van der Waals surface area contributed by atoms with Crippen LogP contribution in [0.3, 0.4) is 0 Å². The van der Waals surface area contributed by atoms with Crippen LogP contribution in [0, 0.1) is 5.92 Å². The molecule has 134 valence electrons. The predicted molar refractivity (Wildman–Crippen MR) is 92.6 cm³/mol. The Morgan fingerprint density at radius 1 is 1.28 bits per heavy atom. The van der Waals surface area contributed by atoms with Crippen LogP contribution in [0.1, 0.15) is 12.8 Å². The van der Waals surface area contributed by atoms with E-state index in [0.717, 1.165) is 0 Å². The van der Waals surface area contributed by atoms with Crippen molar-refractivity contribution in [3.8, 4) is 0 Å². The lowest BCUT2D eigenvalue weighted by molar-refractivity contribution is -0.120. The molecule has 25 heavy (non-hydrogen) atoms. The van der Waals surface area contributed by atoms with Gasteiger partial charge in [-0.3, -0.25) is 9.48 Å². The maximum absolute atomic E-state index is 12.5. The summed E-state index contributed by atoms with van der Waals surface area (Å²) >= 11 is 5.76. The monoisotopic (exact) mass is 383 g/mol. The number of sulfonamides is 1. The van der Waals surface area contributed by atoms with Gasteiger partial charge in [-0.25, -0.2) is 13.4 Å². The number of nitrogens with one attached hydrogen (secondary N) is 1. The maximum Gasteiger partial charge on any atom is 0.246 e. The largest absolute Gasteiger partial charge is 0.310 e. The van der Waals surface area contributed by atoms with E-state index in [9.17, 15) is 13.2 Å². The average Bonchev–Trinajstić information content (AvgIpc) is 3.04. The number of pyridine rings is 1. The van der Waals surface area contributed by atoms with Gasteiger partial charge in [-0.15, -0.1) is 0 Å². The van der Waals surface area contributed by atoms with Gasteiger partial charge < -0.3 is 5.32 Å². The Balaban J connectivity index is 1.59. The summed E-state index contributed by atoms with van der Waals surface area (Å²) in [6, 6.07) is 3.27. The van der Waals surface area contributed by atoms with Crippen LogP contribution in [0.5, 0.6) is 0 Å². The first-order valence-corrected chi connectivity index (χ1v) is 9.59. The molecule has 1 aliphatic heterocycles. The third kappa shape index (κ3) is 4.00. The molecule has 3 heterocycles. The van der Waals surface area contributed by atoms with E-state index >= 15 is 0 Å². The molecule has 1 amide bonds. The summed E-state index contributed by atoms with van der Waals surface area (Å²) in [4.78, 5) is 16.5. The summed E-state index contributed by atoms with van der Waals surface area (Å²) < 4.78 is 27.9. The number of nitrogens with zero attached hydrogens (tertiary/aromatic N) is 4. The number of carbonyl (C=O) groups excluding carboxylic acids is 1. The molecule has 0 bridgehead atoms. The standard InChI is InChI=1S/C15H18ClN5O3S/c1-20-10-13(9-18-20)25(23,24)21-6-4-11(5-7-21)15(22)19-14-3-2-12(16)8-17-14/h2-3,8-11H,4-7H2,1H3,(H,17,19,22). The highest BCUT2D eigenvalue weighted by atomic mass is 35.5. The van der Waals surface area contributed by atoms with Gasteiger partial charge in [-0.05, 0) is 25.0 Å². The Hall–Kier alpha value is -1.97. The molecule has 2 aromatic rings. The number of halogens is 1. The number of carbonyl (C=O) groups is 1. The van der Waals surface area contributed by atoms with Crippen molar-refractivity contribution in [3.05, 3.63) is 35.7 Å². The van der Waals surface area contributed by atoms with Gasteiger partial charge in [0.25, 0.3) is 0 Å². The van der Waals surface area contributed by atoms with Crippen molar-refractivity contribution >= 4 is 33.3 Å². The van der Waals surface area contributed by atoms with Crippen molar-refractivity contribution in [3.63, 3.8) is 0 Å². The van der Waals surface area contributed by atoms with Crippen LogP contribution in [-0.2, 0) is 21.9 Å². The number of hydrogen-bond acceptors (Lipinski definition) is 5. The molecular weight excluding hydrogens is 366 g/mol. The zero-order chi connectivity index (χ0) is 18.0. The first-order valence-electron chi connectivity index (χ1n) is 7.77. The van der Waals surface area contributed by atoms with Gasteiger partial charge >= 0.3 is 0 Å². The van der Waals surface area contributed by atoms with Crippen LogP contribution in [0.4, 0.5) is 5.82 Å². The summed E-state index contributed by atoms with van der Waals surface area (Å²) in [7, 11) is -1.90. The topological polar surface area (TPSA) is 97.2 Å².